The van der Waals surface area contributed by atoms with E-state index in [2.05, 4.69) is 11.1 Å². The van der Waals surface area contributed by atoms with E-state index in [4.69, 9.17) is 11.6 Å². The molecule has 0 aliphatic rings. The van der Waals surface area contributed by atoms with Gasteiger partial charge in [0, 0.05) is 10.9 Å². The Morgan fingerprint density at radius 3 is 3.20 bits per heavy atom. The third-order valence-electron chi connectivity index (χ3n) is 1.43. The number of nitrogens with one attached hydrogen (secondary N) is 1. The van der Waals surface area contributed by atoms with E-state index in [1.807, 2.05) is 24.3 Å². The summed E-state index contributed by atoms with van der Waals surface area (Å²) in [7, 11) is 0. The van der Waals surface area contributed by atoms with Crippen LogP contribution < -0.4 is 0 Å². The van der Waals surface area contributed by atoms with Crippen molar-refractivity contribution in [1.82, 2.24) is 4.98 Å². The van der Waals surface area contributed by atoms with Crippen molar-refractivity contribution in [1.29, 1.82) is 0 Å². The second-order valence-electron chi connectivity index (χ2n) is 2.13. The van der Waals surface area contributed by atoms with Crippen LogP contribution in [0.1, 0.15) is 0 Å². The lowest BCUT2D eigenvalue weighted by Crippen LogP contribution is -1.63. The Labute approximate surface area is 63.6 Å². The quantitative estimate of drug-likeness (QED) is 0.594. The van der Waals surface area contributed by atoms with Crippen LogP contribution in [-0.2, 0) is 0 Å². The van der Waals surface area contributed by atoms with Crippen LogP contribution in [0.3, 0.4) is 0 Å². The molecule has 0 bridgehead atoms. The van der Waals surface area contributed by atoms with Gasteiger partial charge in [-0.05, 0) is 24.3 Å². The minimum Gasteiger partial charge on any atom is -0.346 e. The Bertz CT molecular complexity index is 318. The molecule has 0 aliphatic carbocycles. The number of aromatic amines is 1. The van der Waals surface area contributed by atoms with Crippen LogP contribution in [-0.4, -0.2) is 4.98 Å². The Morgan fingerprint density at radius 1 is 1.50 bits per heavy atom. The van der Waals surface area contributed by atoms with E-state index in [0.29, 0.717) is 5.15 Å². The summed E-state index contributed by atoms with van der Waals surface area (Å²) in [5.74, 6) is 0. The number of rotatable bonds is 0. The predicted octanol–water partition coefficient (Wildman–Crippen LogP) is 2.62. The number of fused-ring (bicyclic) bond motifs is 1. The first-order valence-electron chi connectivity index (χ1n) is 3.00. The van der Waals surface area contributed by atoms with Crippen LogP contribution in [0.25, 0.3) is 10.9 Å². The van der Waals surface area contributed by atoms with Gasteiger partial charge in [0.25, 0.3) is 0 Å². The minimum absolute atomic E-state index is 0.676. The molecule has 1 nitrogen and oxygen atoms in total. The maximum absolute atomic E-state index is 5.71. The van der Waals surface area contributed by atoms with Crippen molar-refractivity contribution >= 4 is 22.5 Å². The Balaban J connectivity index is 2.88. The lowest BCUT2D eigenvalue weighted by Gasteiger charge is -1.82. The smallest absolute Gasteiger partial charge is 0.107 e. The van der Waals surface area contributed by atoms with E-state index in [9.17, 15) is 0 Å². The molecule has 1 aromatic heterocycles. The summed E-state index contributed by atoms with van der Waals surface area (Å²) in [5.41, 5.74) is 1.06. The van der Waals surface area contributed by atoms with Crippen LogP contribution >= 0.6 is 11.6 Å². The predicted molar refractivity (Wildman–Crippen MR) is 42.1 cm³/mol. The highest BCUT2D eigenvalue weighted by Gasteiger charge is 1.94. The zero-order chi connectivity index (χ0) is 6.97. The van der Waals surface area contributed by atoms with Gasteiger partial charge >= 0.3 is 0 Å². The monoisotopic (exact) mass is 150 g/mol. The van der Waals surface area contributed by atoms with Gasteiger partial charge in [-0.1, -0.05) is 17.7 Å². The average molecular weight is 151 g/mol. The molecule has 1 N–H and O–H groups in total. The number of benzene rings is 1. The molecule has 0 amide bonds. The zero-order valence-corrected chi connectivity index (χ0v) is 5.94. The molecule has 2 heteroatoms. The van der Waals surface area contributed by atoms with Gasteiger partial charge in [0.2, 0.25) is 0 Å². The van der Waals surface area contributed by atoms with E-state index < -0.39 is 0 Å². The van der Waals surface area contributed by atoms with Gasteiger partial charge < -0.3 is 4.98 Å². The summed E-state index contributed by atoms with van der Waals surface area (Å²) in [6.45, 7) is 0. The number of hydrogen-bond acceptors (Lipinski definition) is 0. The van der Waals surface area contributed by atoms with Crippen molar-refractivity contribution in [3.63, 3.8) is 0 Å². The first kappa shape index (κ1) is 5.81. The zero-order valence-electron chi connectivity index (χ0n) is 5.19. The molecule has 0 saturated carbocycles. The lowest BCUT2D eigenvalue weighted by molar-refractivity contribution is 1.47. The molecule has 0 fully saturated rings. The molecule has 1 aromatic carbocycles. The first-order chi connectivity index (χ1) is 4.86. The topological polar surface area (TPSA) is 15.8 Å². The van der Waals surface area contributed by atoms with Crippen LogP contribution in [0.4, 0.5) is 0 Å². The molecular formula is C8H5ClN. The van der Waals surface area contributed by atoms with Gasteiger partial charge in [-0.25, -0.2) is 0 Å². The molecule has 0 saturated heterocycles. The van der Waals surface area contributed by atoms with Gasteiger partial charge in [-0.2, -0.15) is 0 Å². The molecule has 0 atom stereocenters. The number of halogens is 1. The van der Waals surface area contributed by atoms with E-state index in [-0.39, 0.29) is 0 Å². The summed E-state index contributed by atoms with van der Waals surface area (Å²) >= 11 is 5.71. The SMILES string of the molecule is Clc1cc2c[c]ccc2[nH]1. The second-order valence-corrected chi connectivity index (χ2v) is 2.54. The summed E-state index contributed by atoms with van der Waals surface area (Å²) in [5, 5.41) is 1.78. The molecule has 1 heterocycles. The molecule has 10 heavy (non-hydrogen) atoms. The van der Waals surface area contributed by atoms with Gasteiger partial charge in [-0.3, -0.25) is 0 Å². The molecule has 0 unspecified atom stereocenters. The summed E-state index contributed by atoms with van der Waals surface area (Å²) in [6.07, 6.45) is 0. The van der Waals surface area contributed by atoms with Gasteiger partial charge in [0.15, 0.2) is 0 Å². The Kier molecular flexibility index (Phi) is 1.18. The molecule has 0 spiro atoms. The fourth-order valence-corrected chi connectivity index (χ4v) is 1.20. The number of aromatic nitrogens is 1. The molecule has 0 aliphatic heterocycles. The van der Waals surface area contributed by atoms with E-state index >= 15 is 0 Å². The van der Waals surface area contributed by atoms with Crippen LogP contribution in [0.5, 0.6) is 0 Å². The first-order valence-corrected chi connectivity index (χ1v) is 3.38. The highest BCUT2D eigenvalue weighted by atomic mass is 35.5. The maximum atomic E-state index is 5.71. The number of hydrogen-bond donors (Lipinski definition) is 1. The van der Waals surface area contributed by atoms with Gasteiger partial charge in [0.1, 0.15) is 5.15 Å². The molecule has 2 rings (SSSR count). The highest BCUT2D eigenvalue weighted by Crippen LogP contribution is 2.16. The largest absolute Gasteiger partial charge is 0.346 e. The number of H-pyrrole nitrogens is 1. The third kappa shape index (κ3) is 0.792. The minimum atomic E-state index is 0.676. The summed E-state index contributed by atoms with van der Waals surface area (Å²) in [4.78, 5) is 3.00. The van der Waals surface area contributed by atoms with Crippen molar-refractivity contribution in [2.24, 2.45) is 0 Å². The van der Waals surface area contributed by atoms with Crippen LogP contribution in [0.15, 0.2) is 24.3 Å². The van der Waals surface area contributed by atoms with Crippen molar-refractivity contribution in [2.45, 2.75) is 0 Å². The molecule has 1 radical (unpaired) electrons. The Hall–Kier alpha value is -0.950. The molecule has 49 valence electrons. The van der Waals surface area contributed by atoms with Gasteiger partial charge in [0.05, 0.1) is 0 Å². The van der Waals surface area contributed by atoms with Crippen LogP contribution in [0.2, 0.25) is 5.15 Å². The van der Waals surface area contributed by atoms with Crippen molar-refractivity contribution in [3.8, 4) is 0 Å². The third-order valence-corrected chi connectivity index (χ3v) is 1.64. The normalized spacial score (nSPS) is 10.5. The fourth-order valence-electron chi connectivity index (χ4n) is 0.978. The standard InChI is InChI=1S/C8H5ClN/c9-8-5-6-3-1-2-4-7(6)10-8/h2-5,10H. The van der Waals surface area contributed by atoms with E-state index in [1.54, 1.807) is 0 Å². The maximum Gasteiger partial charge on any atom is 0.107 e. The van der Waals surface area contributed by atoms with Crippen LogP contribution in [0, 0.1) is 6.07 Å². The molecule has 2 aromatic rings. The van der Waals surface area contributed by atoms with Crippen molar-refractivity contribution in [2.75, 3.05) is 0 Å². The van der Waals surface area contributed by atoms with Crippen molar-refractivity contribution < 1.29 is 0 Å². The summed E-state index contributed by atoms with van der Waals surface area (Å²) < 4.78 is 0. The molecular weight excluding hydrogens is 146 g/mol. The van der Waals surface area contributed by atoms with Gasteiger partial charge in [-0.15, -0.1) is 0 Å². The average Bonchev–Trinajstić information content (AvgIpc) is 2.27. The lowest BCUT2D eigenvalue weighted by atomic mass is 10.3. The summed E-state index contributed by atoms with van der Waals surface area (Å²) in [6, 6.07) is 10.6. The van der Waals surface area contributed by atoms with Crippen molar-refractivity contribution in [3.05, 3.63) is 35.5 Å². The van der Waals surface area contributed by atoms with E-state index in [1.165, 1.54) is 0 Å². The Morgan fingerprint density at radius 2 is 2.40 bits per heavy atom. The fraction of sp³-hybridized carbons (Fsp3) is 0. The van der Waals surface area contributed by atoms with E-state index in [0.717, 1.165) is 10.9 Å². The second kappa shape index (κ2) is 2.03. The highest BCUT2D eigenvalue weighted by molar-refractivity contribution is 6.30.